The third-order valence-corrected chi connectivity index (χ3v) is 11.2. The summed E-state index contributed by atoms with van der Waals surface area (Å²) in [6, 6.07) is 5.22. The number of amides is 3. The molecule has 0 aromatic heterocycles. The minimum atomic E-state index is -1.13. The summed E-state index contributed by atoms with van der Waals surface area (Å²) >= 11 is 0. The van der Waals surface area contributed by atoms with Crippen LogP contribution in [0.2, 0.25) is 0 Å². The van der Waals surface area contributed by atoms with Gasteiger partial charge in [-0.3, -0.25) is 14.4 Å². The van der Waals surface area contributed by atoms with Gasteiger partial charge in [0.15, 0.2) is 0 Å². The molecule has 0 radical (unpaired) electrons. The molecule has 9 nitrogen and oxygen atoms in total. The van der Waals surface area contributed by atoms with E-state index in [1.54, 1.807) is 4.90 Å². The summed E-state index contributed by atoms with van der Waals surface area (Å²) < 4.78 is 6.58. The zero-order valence-corrected chi connectivity index (χ0v) is 27.2. The van der Waals surface area contributed by atoms with Crippen LogP contribution in [0.3, 0.4) is 0 Å². The van der Waals surface area contributed by atoms with Gasteiger partial charge in [-0.2, -0.15) is 0 Å². The molecule has 1 aromatic rings. The van der Waals surface area contributed by atoms with Crippen molar-refractivity contribution in [2.75, 3.05) is 51.1 Å². The number of piperazine rings is 1. The van der Waals surface area contributed by atoms with Gasteiger partial charge in [0.1, 0.15) is 11.6 Å². The number of nitrogens with zero attached hydrogens (tertiary/aromatic N) is 3. The van der Waals surface area contributed by atoms with Crippen LogP contribution in [0.1, 0.15) is 57.6 Å². The molecule has 5 aliphatic rings. The zero-order chi connectivity index (χ0) is 31.2. The average molecular weight is 606 g/mol. The third-order valence-electron chi connectivity index (χ3n) is 11.2. The summed E-state index contributed by atoms with van der Waals surface area (Å²) in [5.41, 5.74) is 1.70. The van der Waals surface area contributed by atoms with E-state index in [0.717, 1.165) is 69.7 Å². The number of hydrogen-bond donors (Lipinski definition) is 2. The first kappa shape index (κ1) is 31.2. The van der Waals surface area contributed by atoms with Gasteiger partial charge >= 0.3 is 0 Å². The maximum absolute atomic E-state index is 14.4. The first-order valence-electron chi connectivity index (χ1n) is 16.9. The van der Waals surface area contributed by atoms with Gasteiger partial charge < -0.3 is 30.1 Å². The topological polar surface area (TPSA) is 94.2 Å². The van der Waals surface area contributed by atoms with E-state index in [2.05, 4.69) is 47.3 Å². The van der Waals surface area contributed by atoms with Gasteiger partial charge in [-0.25, -0.2) is 0 Å². The number of aryl methyl sites for hydroxylation is 2. The van der Waals surface area contributed by atoms with Crippen molar-refractivity contribution in [2.45, 2.75) is 84.1 Å². The van der Waals surface area contributed by atoms with Gasteiger partial charge in [0.05, 0.1) is 17.9 Å². The van der Waals surface area contributed by atoms with Crippen LogP contribution in [0.25, 0.3) is 0 Å². The minimum absolute atomic E-state index is 0.0692. The molecule has 4 fully saturated rings. The molecule has 2 bridgehead atoms. The largest absolute Gasteiger partial charge is 0.359 e. The molecule has 3 amide bonds. The number of carbonyl (C=O) groups is 3. The molecule has 6 rings (SSSR count). The van der Waals surface area contributed by atoms with E-state index in [9.17, 15) is 14.4 Å². The van der Waals surface area contributed by atoms with Crippen molar-refractivity contribution >= 4 is 23.4 Å². The number of carbonyl (C=O) groups excluding carboxylic acids is 3. The van der Waals surface area contributed by atoms with E-state index in [-0.39, 0.29) is 23.8 Å². The Morgan fingerprint density at radius 2 is 1.68 bits per heavy atom. The predicted octanol–water partition coefficient (Wildman–Crippen LogP) is 3.36. The highest BCUT2D eigenvalue weighted by molar-refractivity contribution is 6.02. The second kappa shape index (κ2) is 12.6. The van der Waals surface area contributed by atoms with E-state index in [1.807, 2.05) is 38.1 Å². The number of fused-ring (bicyclic) bond motifs is 1. The summed E-state index contributed by atoms with van der Waals surface area (Å²) in [5, 5.41) is 6.44. The molecule has 2 N–H and O–H groups in total. The molecular formula is C35H51N5O4. The van der Waals surface area contributed by atoms with E-state index in [4.69, 9.17) is 4.74 Å². The second-order valence-electron chi connectivity index (χ2n) is 14.1. The number of likely N-dealkylation sites (tertiary alicyclic amines) is 1. The standard InChI is InChI=1S/C35H51N5O4/c1-6-38-15-17-39(18-16-38)13-8-14-40-31(33(42)37-27-10-7-9-24(4)25(27)5)35-12-11-28(44-35)29(30(35)34(40)43)32(41)36-26-20-22(2)19-23(3)21-26/h11-12,19-21,24-25,27-31H,6-10,13-18H2,1-5H3,(H,36,41)(H,37,42)/t24-,25+,27-,28+,29-,30+,31+,35+/m1/s1. The van der Waals surface area contributed by atoms with Crippen LogP contribution in [-0.2, 0) is 19.1 Å². The number of rotatable bonds is 9. The van der Waals surface area contributed by atoms with Gasteiger partial charge in [-0.05, 0) is 74.9 Å². The van der Waals surface area contributed by atoms with Crippen molar-refractivity contribution in [3.63, 3.8) is 0 Å². The number of anilines is 1. The normalized spacial score (nSPS) is 35.2. The fourth-order valence-electron chi connectivity index (χ4n) is 8.62. The molecule has 8 atom stereocenters. The van der Waals surface area contributed by atoms with Crippen molar-refractivity contribution in [1.29, 1.82) is 0 Å². The molecule has 0 unspecified atom stereocenters. The average Bonchev–Trinajstić information content (AvgIpc) is 3.62. The van der Waals surface area contributed by atoms with Crippen molar-refractivity contribution in [1.82, 2.24) is 20.0 Å². The summed E-state index contributed by atoms with van der Waals surface area (Å²) in [6.07, 6.45) is 7.26. The Kier molecular flexibility index (Phi) is 8.92. The fraction of sp³-hybridized carbons (Fsp3) is 0.686. The lowest BCUT2D eigenvalue weighted by Gasteiger charge is -2.38. The maximum Gasteiger partial charge on any atom is 0.246 e. The van der Waals surface area contributed by atoms with E-state index in [0.29, 0.717) is 24.1 Å². The predicted molar refractivity (Wildman–Crippen MR) is 171 cm³/mol. The number of likely N-dealkylation sites (N-methyl/N-ethyl adjacent to an activating group) is 1. The Hall–Kier alpha value is -2.75. The van der Waals surface area contributed by atoms with E-state index < -0.39 is 29.6 Å². The summed E-state index contributed by atoms with van der Waals surface area (Å²) in [5.74, 6) is -1.04. The molecule has 4 aliphatic heterocycles. The number of nitrogens with one attached hydrogen (secondary N) is 2. The summed E-state index contributed by atoms with van der Waals surface area (Å²) in [6.45, 7) is 17.2. The Balaban J connectivity index is 1.23. The van der Waals surface area contributed by atoms with E-state index in [1.165, 1.54) is 6.42 Å². The molecule has 1 saturated carbocycles. The number of ether oxygens (including phenoxy) is 1. The maximum atomic E-state index is 14.4. The highest BCUT2D eigenvalue weighted by atomic mass is 16.5. The van der Waals surface area contributed by atoms with Crippen molar-refractivity contribution in [3.8, 4) is 0 Å². The van der Waals surface area contributed by atoms with Crippen LogP contribution in [-0.4, -0.2) is 102 Å². The lowest BCUT2D eigenvalue weighted by atomic mass is 9.73. The Morgan fingerprint density at radius 3 is 2.39 bits per heavy atom. The molecule has 1 spiro atoms. The van der Waals surface area contributed by atoms with Crippen LogP contribution < -0.4 is 10.6 Å². The van der Waals surface area contributed by atoms with Crippen molar-refractivity contribution in [3.05, 3.63) is 41.5 Å². The lowest BCUT2D eigenvalue weighted by molar-refractivity contribution is -0.141. The lowest BCUT2D eigenvalue weighted by Crippen LogP contribution is -2.58. The van der Waals surface area contributed by atoms with Gasteiger partial charge in [0, 0.05) is 44.5 Å². The molecule has 240 valence electrons. The van der Waals surface area contributed by atoms with Gasteiger partial charge in [0.25, 0.3) is 0 Å². The van der Waals surface area contributed by atoms with Crippen LogP contribution in [0.15, 0.2) is 30.4 Å². The highest BCUT2D eigenvalue weighted by Crippen LogP contribution is 2.55. The SMILES string of the molecule is CCN1CCN(CCCN2C(=O)[C@@H]3[C@H](C(=O)Nc4cc(C)cc(C)c4)[C@@H]4C=C[C@@]3(O4)[C@@H]2C(=O)N[C@@H]2CCC[C@@H](C)[C@@H]2C)CC1. The monoisotopic (exact) mass is 605 g/mol. The van der Waals surface area contributed by atoms with Crippen LogP contribution in [0, 0.1) is 37.5 Å². The molecule has 9 heteroatoms. The molecule has 4 heterocycles. The molecule has 44 heavy (non-hydrogen) atoms. The second-order valence-corrected chi connectivity index (χ2v) is 14.1. The minimum Gasteiger partial charge on any atom is -0.359 e. The molecule has 1 aliphatic carbocycles. The van der Waals surface area contributed by atoms with Crippen LogP contribution in [0.4, 0.5) is 5.69 Å². The van der Waals surface area contributed by atoms with Gasteiger partial charge in [0.2, 0.25) is 17.7 Å². The first-order valence-corrected chi connectivity index (χ1v) is 16.9. The third kappa shape index (κ3) is 5.71. The zero-order valence-electron chi connectivity index (χ0n) is 27.2. The Morgan fingerprint density at radius 1 is 0.977 bits per heavy atom. The molecule has 3 saturated heterocycles. The summed E-state index contributed by atoms with van der Waals surface area (Å²) in [7, 11) is 0. The Bertz CT molecular complexity index is 1270. The first-order chi connectivity index (χ1) is 21.1. The van der Waals surface area contributed by atoms with Crippen LogP contribution in [0.5, 0.6) is 0 Å². The van der Waals surface area contributed by atoms with Gasteiger partial charge in [-0.15, -0.1) is 0 Å². The van der Waals surface area contributed by atoms with Gasteiger partial charge in [-0.1, -0.05) is 51.8 Å². The Labute approximate surface area is 262 Å². The van der Waals surface area contributed by atoms with Crippen LogP contribution >= 0.6 is 0 Å². The van der Waals surface area contributed by atoms with E-state index >= 15 is 0 Å². The number of hydrogen-bond acceptors (Lipinski definition) is 6. The quantitative estimate of drug-likeness (QED) is 0.420. The number of benzene rings is 1. The van der Waals surface area contributed by atoms with Crippen molar-refractivity contribution < 1.29 is 19.1 Å². The molecular weight excluding hydrogens is 554 g/mol. The highest BCUT2D eigenvalue weighted by Gasteiger charge is 2.72. The fourth-order valence-corrected chi connectivity index (χ4v) is 8.62. The summed E-state index contributed by atoms with van der Waals surface area (Å²) in [4.78, 5) is 49.2. The molecule has 1 aromatic carbocycles. The smallest absolute Gasteiger partial charge is 0.246 e. The van der Waals surface area contributed by atoms with Crippen molar-refractivity contribution in [2.24, 2.45) is 23.7 Å².